The molecule has 0 radical (unpaired) electrons. The van der Waals surface area contributed by atoms with Gasteiger partial charge in [0.25, 0.3) is 0 Å². The summed E-state index contributed by atoms with van der Waals surface area (Å²) in [6.07, 6.45) is 0. The smallest absolute Gasteiger partial charge is 0.225 e. The molecule has 5 heteroatoms. The molecule has 80 valence electrons. The summed E-state index contributed by atoms with van der Waals surface area (Å²) in [5.74, 6) is -0.442. The van der Waals surface area contributed by atoms with Gasteiger partial charge in [0.05, 0.1) is 4.90 Å². The van der Waals surface area contributed by atoms with Crippen molar-refractivity contribution in [2.24, 2.45) is 5.14 Å². The average molecular weight is 219 g/mol. The molecule has 0 aliphatic carbocycles. The molecule has 0 aliphatic heterocycles. The Hall–Kier alpha value is -0.940. The topological polar surface area (TPSA) is 60.2 Å². The number of halogens is 1. The molecule has 0 unspecified atom stereocenters. The third-order valence-electron chi connectivity index (χ3n) is 1.46. The van der Waals surface area contributed by atoms with Crippen LogP contribution in [-0.4, -0.2) is 8.42 Å². The van der Waals surface area contributed by atoms with Gasteiger partial charge in [-0.3, -0.25) is 0 Å². The van der Waals surface area contributed by atoms with Gasteiger partial charge in [0.1, 0.15) is 5.82 Å². The number of primary sulfonamides is 1. The molecule has 1 aromatic rings. The number of benzene rings is 1. The zero-order valence-electron chi connectivity index (χ0n) is 8.41. The number of sulfonamides is 1. The van der Waals surface area contributed by atoms with Crippen LogP contribution in [-0.2, 0) is 10.0 Å². The summed E-state index contributed by atoms with van der Waals surface area (Å²) >= 11 is 0. The maximum atomic E-state index is 12.7. The van der Waals surface area contributed by atoms with Crippen LogP contribution in [0, 0.1) is 12.7 Å². The highest BCUT2D eigenvalue weighted by Crippen LogP contribution is 2.12. The first-order valence-electron chi connectivity index (χ1n) is 4.20. The van der Waals surface area contributed by atoms with Crippen molar-refractivity contribution in [3.8, 4) is 0 Å². The fourth-order valence-electron chi connectivity index (χ4n) is 0.794. The van der Waals surface area contributed by atoms with Crippen LogP contribution in [0.1, 0.15) is 19.4 Å². The summed E-state index contributed by atoms with van der Waals surface area (Å²) in [5.41, 5.74) is 0.265. The highest BCUT2D eigenvalue weighted by atomic mass is 32.2. The van der Waals surface area contributed by atoms with Crippen LogP contribution in [0.15, 0.2) is 23.1 Å². The van der Waals surface area contributed by atoms with Crippen molar-refractivity contribution in [2.75, 3.05) is 0 Å². The Bertz CT molecular complexity index is 401. The minimum atomic E-state index is -3.71. The first-order valence-corrected chi connectivity index (χ1v) is 5.75. The zero-order valence-corrected chi connectivity index (χ0v) is 9.23. The van der Waals surface area contributed by atoms with E-state index >= 15 is 0 Å². The number of rotatable bonds is 1. The van der Waals surface area contributed by atoms with Crippen molar-refractivity contribution in [2.45, 2.75) is 25.7 Å². The molecule has 0 aromatic heterocycles. The summed E-state index contributed by atoms with van der Waals surface area (Å²) in [4.78, 5) is -0.0681. The van der Waals surface area contributed by atoms with E-state index in [0.717, 1.165) is 12.1 Å². The van der Waals surface area contributed by atoms with Crippen LogP contribution in [0.3, 0.4) is 0 Å². The van der Waals surface area contributed by atoms with E-state index in [4.69, 9.17) is 5.14 Å². The van der Waals surface area contributed by atoms with Crippen molar-refractivity contribution in [3.63, 3.8) is 0 Å². The van der Waals surface area contributed by atoms with E-state index < -0.39 is 15.8 Å². The normalized spacial score (nSPS) is 10.4. The van der Waals surface area contributed by atoms with Crippen LogP contribution in [0.2, 0.25) is 0 Å². The van der Waals surface area contributed by atoms with Gasteiger partial charge in [0, 0.05) is 0 Å². The molecule has 3 nitrogen and oxygen atoms in total. The van der Waals surface area contributed by atoms with Crippen molar-refractivity contribution in [3.05, 3.63) is 29.6 Å². The minimum absolute atomic E-state index is 0.0681. The molecule has 0 heterocycles. The van der Waals surface area contributed by atoms with Gasteiger partial charge in [0.15, 0.2) is 0 Å². The summed E-state index contributed by atoms with van der Waals surface area (Å²) < 4.78 is 34.2. The van der Waals surface area contributed by atoms with E-state index in [1.807, 2.05) is 13.8 Å². The molecule has 0 atom stereocenters. The van der Waals surface area contributed by atoms with E-state index in [-0.39, 0.29) is 10.5 Å². The van der Waals surface area contributed by atoms with Gasteiger partial charge < -0.3 is 0 Å². The molecule has 14 heavy (non-hydrogen) atoms. The molecule has 0 spiro atoms. The van der Waals surface area contributed by atoms with Crippen LogP contribution in [0.25, 0.3) is 0 Å². The minimum Gasteiger partial charge on any atom is -0.225 e. The predicted molar refractivity (Wildman–Crippen MR) is 53.9 cm³/mol. The molecule has 0 bridgehead atoms. The second kappa shape index (κ2) is 5.07. The molecule has 0 aliphatic rings. The zero-order chi connectivity index (χ0) is 11.4. The van der Waals surface area contributed by atoms with Gasteiger partial charge in [0.2, 0.25) is 10.0 Å². The van der Waals surface area contributed by atoms with E-state index in [9.17, 15) is 12.8 Å². The molecular weight excluding hydrogens is 205 g/mol. The molecular formula is C9H14FNO2S. The van der Waals surface area contributed by atoms with Crippen molar-refractivity contribution in [1.82, 2.24) is 0 Å². The Labute approximate surface area is 83.8 Å². The van der Waals surface area contributed by atoms with Gasteiger partial charge in [-0.15, -0.1) is 0 Å². The lowest BCUT2D eigenvalue weighted by Crippen LogP contribution is -2.12. The molecule has 0 amide bonds. The third-order valence-corrected chi connectivity index (χ3v) is 2.37. The fraction of sp³-hybridized carbons (Fsp3) is 0.333. The lowest BCUT2D eigenvalue weighted by atomic mass is 10.2. The number of nitrogens with two attached hydrogens (primary N) is 1. The third kappa shape index (κ3) is 3.43. The average Bonchev–Trinajstić information content (AvgIpc) is 2.11. The second-order valence-corrected chi connectivity index (χ2v) is 4.02. The monoisotopic (exact) mass is 219 g/mol. The molecule has 2 N–H and O–H groups in total. The van der Waals surface area contributed by atoms with Crippen LogP contribution in [0.4, 0.5) is 4.39 Å². The van der Waals surface area contributed by atoms with E-state index in [2.05, 4.69) is 0 Å². The number of hydrogen-bond donors (Lipinski definition) is 1. The van der Waals surface area contributed by atoms with E-state index in [0.29, 0.717) is 0 Å². The van der Waals surface area contributed by atoms with Crippen molar-refractivity contribution in [1.29, 1.82) is 0 Å². The van der Waals surface area contributed by atoms with Crippen LogP contribution < -0.4 is 5.14 Å². The Balaban J connectivity index is 0.000000791. The Morgan fingerprint density at radius 1 is 1.29 bits per heavy atom. The SMILES string of the molecule is CC.Cc1cc(S(N)(=O)=O)ccc1F. The molecule has 1 aromatic carbocycles. The van der Waals surface area contributed by atoms with E-state index in [1.54, 1.807) is 0 Å². The van der Waals surface area contributed by atoms with E-state index in [1.165, 1.54) is 13.0 Å². The quantitative estimate of drug-likeness (QED) is 0.783. The lowest BCUT2D eigenvalue weighted by Gasteiger charge is -1.99. The first kappa shape index (κ1) is 13.1. The highest BCUT2D eigenvalue weighted by molar-refractivity contribution is 7.89. The summed E-state index contributed by atoms with van der Waals surface area (Å²) in [5, 5.41) is 4.83. The van der Waals surface area contributed by atoms with Gasteiger partial charge in [-0.25, -0.2) is 17.9 Å². The highest BCUT2D eigenvalue weighted by Gasteiger charge is 2.08. The maximum Gasteiger partial charge on any atom is 0.238 e. The Morgan fingerprint density at radius 3 is 2.14 bits per heavy atom. The van der Waals surface area contributed by atoms with Crippen molar-refractivity contribution < 1.29 is 12.8 Å². The molecule has 1 rings (SSSR count). The van der Waals surface area contributed by atoms with Crippen molar-refractivity contribution >= 4 is 10.0 Å². The number of hydrogen-bond acceptors (Lipinski definition) is 2. The number of aryl methyl sites for hydroxylation is 1. The Kier molecular flexibility index (Phi) is 4.73. The van der Waals surface area contributed by atoms with Gasteiger partial charge in [-0.2, -0.15) is 0 Å². The maximum absolute atomic E-state index is 12.7. The predicted octanol–water partition coefficient (Wildman–Crippen LogP) is 1.81. The molecule has 0 fully saturated rings. The standard InChI is InChI=1S/C7H8FNO2S.C2H6/c1-5-4-6(12(9,10)11)2-3-7(5)8;1-2/h2-4H,1H3,(H2,9,10,11);1-2H3. The lowest BCUT2D eigenvalue weighted by molar-refractivity contribution is 0.595. The molecule has 0 saturated carbocycles. The largest absolute Gasteiger partial charge is 0.238 e. The van der Waals surface area contributed by atoms with Gasteiger partial charge >= 0.3 is 0 Å². The Morgan fingerprint density at radius 2 is 1.79 bits per heavy atom. The van der Waals surface area contributed by atoms with Crippen LogP contribution >= 0.6 is 0 Å². The first-order chi connectivity index (χ1) is 6.41. The fourth-order valence-corrected chi connectivity index (χ4v) is 1.39. The summed E-state index contributed by atoms with van der Waals surface area (Å²) in [6.45, 7) is 5.48. The summed E-state index contributed by atoms with van der Waals surface area (Å²) in [7, 11) is -3.71. The summed E-state index contributed by atoms with van der Waals surface area (Å²) in [6, 6.07) is 3.41. The second-order valence-electron chi connectivity index (χ2n) is 2.46. The van der Waals surface area contributed by atoms with Gasteiger partial charge in [-0.05, 0) is 30.7 Å². The molecule has 0 saturated heterocycles. The van der Waals surface area contributed by atoms with Gasteiger partial charge in [-0.1, -0.05) is 13.8 Å². The van der Waals surface area contributed by atoms with Crippen LogP contribution in [0.5, 0.6) is 0 Å².